The van der Waals surface area contributed by atoms with Crippen LogP contribution < -0.4 is 0 Å². The standard InChI is InChI=1S/C46H81NO7/c1-6-8-10-12-14-16-18-20-22-23-25-27-29-31-33-35-37-45(49)54-42(40-52-39-38-43(46(50)51)47(3,4)5)41-53-44(48)36-34-32-30-28-26-24-21-19-17-15-13-11-9-7-2/h9,11,15,17,22-23,25,27,42-43H,6-8,10,12-14,16,18-21,24,26,28-41H2,1-5H3/p+1/b11-9+,17-15+,23-22+,27-25+. The van der Waals surface area contributed by atoms with Crippen molar-refractivity contribution in [2.24, 2.45) is 0 Å². The van der Waals surface area contributed by atoms with Crippen molar-refractivity contribution in [3.05, 3.63) is 48.6 Å². The van der Waals surface area contributed by atoms with Crippen molar-refractivity contribution in [2.75, 3.05) is 41.0 Å². The zero-order valence-electron chi connectivity index (χ0n) is 35.4. The predicted molar refractivity (Wildman–Crippen MR) is 224 cm³/mol. The fraction of sp³-hybridized carbons (Fsp3) is 0.761. The zero-order chi connectivity index (χ0) is 40.0. The van der Waals surface area contributed by atoms with Gasteiger partial charge in [-0.25, -0.2) is 4.79 Å². The summed E-state index contributed by atoms with van der Waals surface area (Å²) in [5, 5.41) is 9.61. The summed E-state index contributed by atoms with van der Waals surface area (Å²) in [4.78, 5) is 36.9. The molecule has 2 unspecified atom stereocenters. The molecule has 0 aromatic rings. The Bertz CT molecular complexity index is 1030. The monoisotopic (exact) mass is 761 g/mol. The molecule has 0 amide bonds. The quantitative estimate of drug-likeness (QED) is 0.0220. The molecule has 1 N–H and O–H groups in total. The molecule has 0 aromatic carbocycles. The zero-order valence-corrected chi connectivity index (χ0v) is 35.4. The van der Waals surface area contributed by atoms with Crippen LogP contribution >= 0.6 is 0 Å². The summed E-state index contributed by atoms with van der Waals surface area (Å²) in [6.45, 7) is 4.58. The summed E-state index contributed by atoms with van der Waals surface area (Å²) >= 11 is 0. The minimum atomic E-state index is -0.882. The Balaban J connectivity index is 4.42. The van der Waals surface area contributed by atoms with E-state index in [1.165, 1.54) is 70.6 Å². The number of likely N-dealkylation sites (N-methyl/N-ethyl adjacent to an activating group) is 1. The molecule has 0 spiro atoms. The molecule has 2 atom stereocenters. The Labute approximate surface area is 331 Å². The molecule has 0 aliphatic rings. The first-order chi connectivity index (χ1) is 26.1. The Kier molecular flexibility index (Phi) is 35.4. The summed E-state index contributed by atoms with van der Waals surface area (Å²) in [6.07, 6.45) is 43.0. The van der Waals surface area contributed by atoms with E-state index >= 15 is 0 Å². The fourth-order valence-corrected chi connectivity index (χ4v) is 6.12. The molecule has 8 nitrogen and oxygen atoms in total. The van der Waals surface area contributed by atoms with Gasteiger partial charge in [-0.2, -0.15) is 0 Å². The van der Waals surface area contributed by atoms with Crippen molar-refractivity contribution < 1.29 is 38.2 Å². The van der Waals surface area contributed by atoms with Crippen LogP contribution in [0.3, 0.4) is 0 Å². The lowest BCUT2D eigenvalue weighted by Gasteiger charge is -2.31. The first-order valence-electron chi connectivity index (χ1n) is 21.7. The number of esters is 2. The normalized spacial score (nSPS) is 13.4. The number of carboxylic acid groups (broad SMARTS) is 1. The molecular weight excluding hydrogens is 679 g/mol. The Morgan fingerprint density at radius 3 is 1.65 bits per heavy atom. The van der Waals surface area contributed by atoms with E-state index < -0.39 is 18.1 Å². The van der Waals surface area contributed by atoms with Gasteiger partial charge in [0.2, 0.25) is 0 Å². The topological polar surface area (TPSA) is 99.1 Å². The molecule has 0 rings (SSSR count). The van der Waals surface area contributed by atoms with Crippen molar-refractivity contribution in [3.8, 4) is 0 Å². The molecule has 0 radical (unpaired) electrons. The maximum atomic E-state index is 12.7. The van der Waals surface area contributed by atoms with Gasteiger partial charge in [0, 0.05) is 19.3 Å². The van der Waals surface area contributed by atoms with Crippen LogP contribution in [-0.4, -0.2) is 80.6 Å². The van der Waals surface area contributed by atoms with E-state index in [1.807, 2.05) is 21.1 Å². The van der Waals surface area contributed by atoms with Crippen LogP contribution in [0.2, 0.25) is 0 Å². The third-order valence-electron chi connectivity index (χ3n) is 9.49. The first kappa shape index (κ1) is 51.3. The average molecular weight is 761 g/mol. The van der Waals surface area contributed by atoms with Crippen molar-refractivity contribution in [3.63, 3.8) is 0 Å². The summed E-state index contributed by atoms with van der Waals surface area (Å²) in [6, 6.07) is -0.621. The highest BCUT2D eigenvalue weighted by Crippen LogP contribution is 2.13. The molecule has 54 heavy (non-hydrogen) atoms. The summed E-state index contributed by atoms with van der Waals surface area (Å²) < 4.78 is 17.2. The largest absolute Gasteiger partial charge is 0.477 e. The van der Waals surface area contributed by atoms with Gasteiger partial charge >= 0.3 is 17.9 Å². The van der Waals surface area contributed by atoms with Gasteiger partial charge in [-0.05, 0) is 64.2 Å². The Morgan fingerprint density at radius 1 is 0.593 bits per heavy atom. The number of allylic oxidation sites excluding steroid dienone is 8. The number of nitrogens with zero attached hydrogens (tertiary/aromatic N) is 1. The van der Waals surface area contributed by atoms with Crippen LogP contribution in [0.5, 0.6) is 0 Å². The highest BCUT2D eigenvalue weighted by Gasteiger charge is 2.31. The van der Waals surface area contributed by atoms with Gasteiger partial charge in [-0.3, -0.25) is 9.59 Å². The molecule has 8 heteroatoms. The van der Waals surface area contributed by atoms with Crippen molar-refractivity contribution in [1.29, 1.82) is 0 Å². The lowest BCUT2D eigenvalue weighted by atomic mass is 10.1. The number of rotatable bonds is 38. The molecule has 0 saturated carbocycles. The minimum Gasteiger partial charge on any atom is -0.477 e. The molecular formula is C46H82NO7+. The lowest BCUT2D eigenvalue weighted by Crippen LogP contribution is -2.50. The second kappa shape index (κ2) is 37.2. The van der Waals surface area contributed by atoms with Crippen LogP contribution in [0.15, 0.2) is 48.6 Å². The number of quaternary nitrogens is 1. The molecule has 0 aliphatic carbocycles. The Hall–Kier alpha value is -2.71. The van der Waals surface area contributed by atoms with Gasteiger partial charge in [-0.15, -0.1) is 0 Å². The van der Waals surface area contributed by atoms with E-state index in [9.17, 15) is 19.5 Å². The minimum absolute atomic E-state index is 0.0471. The number of hydrogen-bond acceptors (Lipinski definition) is 6. The number of carbonyl (C=O) groups is 3. The van der Waals surface area contributed by atoms with Crippen molar-refractivity contribution in [1.82, 2.24) is 0 Å². The lowest BCUT2D eigenvalue weighted by molar-refractivity contribution is -0.887. The second-order valence-electron chi connectivity index (χ2n) is 15.6. The van der Waals surface area contributed by atoms with E-state index in [2.05, 4.69) is 62.5 Å². The summed E-state index contributed by atoms with van der Waals surface area (Å²) in [7, 11) is 5.51. The van der Waals surface area contributed by atoms with E-state index in [4.69, 9.17) is 14.2 Å². The van der Waals surface area contributed by atoms with Crippen LogP contribution in [-0.2, 0) is 28.6 Å². The van der Waals surface area contributed by atoms with Crippen molar-refractivity contribution >= 4 is 17.9 Å². The molecule has 0 aliphatic heterocycles. The third-order valence-corrected chi connectivity index (χ3v) is 9.49. The third kappa shape index (κ3) is 35.0. The van der Waals surface area contributed by atoms with Gasteiger partial charge < -0.3 is 23.8 Å². The maximum absolute atomic E-state index is 12.7. The van der Waals surface area contributed by atoms with E-state index in [0.29, 0.717) is 19.3 Å². The predicted octanol–water partition coefficient (Wildman–Crippen LogP) is 11.6. The van der Waals surface area contributed by atoms with Crippen LogP contribution in [0.25, 0.3) is 0 Å². The van der Waals surface area contributed by atoms with Gasteiger partial charge in [-0.1, -0.05) is 140 Å². The highest BCUT2D eigenvalue weighted by atomic mass is 16.6. The number of carboxylic acids is 1. The smallest absolute Gasteiger partial charge is 0.362 e. The summed E-state index contributed by atoms with van der Waals surface area (Å²) in [5.41, 5.74) is 0. The molecule has 312 valence electrons. The van der Waals surface area contributed by atoms with E-state index in [-0.39, 0.29) is 36.2 Å². The Morgan fingerprint density at radius 2 is 1.09 bits per heavy atom. The van der Waals surface area contributed by atoms with E-state index in [0.717, 1.165) is 70.6 Å². The molecule has 0 bridgehead atoms. The number of hydrogen-bond donors (Lipinski definition) is 1. The fourth-order valence-electron chi connectivity index (χ4n) is 6.12. The van der Waals surface area contributed by atoms with E-state index in [1.54, 1.807) is 0 Å². The van der Waals surface area contributed by atoms with Crippen LogP contribution in [0, 0.1) is 0 Å². The number of unbranched alkanes of at least 4 members (excludes halogenated alkanes) is 17. The molecule has 0 aromatic heterocycles. The SMILES string of the molecule is CC/C=C/C/C=C/CCCCCCCCCC(=O)OCC(COCCC(C(=O)O)[N+](C)(C)C)OC(=O)CCCCC/C=C/C=C/CCCCCCCCC. The van der Waals surface area contributed by atoms with Crippen molar-refractivity contribution in [2.45, 2.75) is 187 Å². The number of ether oxygens (including phenoxy) is 3. The van der Waals surface area contributed by atoms with Gasteiger partial charge in [0.1, 0.15) is 6.61 Å². The van der Waals surface area contributed by atoms with Crippen LogP contribution in [0.4, 0.5) is 0 Å². The second-order valence-corrected chi connectivity index (χ2v) is 15.6. The average Bonchev–Trinajstić information content (AvgIpc) is 3.12. The summed E-state index contributed by atoms with van der Waals surface area (Å²) in [5.74, 6) is -1.51. The van der Waals surface area contributed by atoms with Gasteiger partial charge in [0.15, 0.2) is 12.1 Å². The van der Waals surface area contributed by atoms with Gasteiger partial charge in [0.25, 0.3) is 0 Å². The van der Waals surface area contributed by atoms with Crippen LogP contribution in [0.1, 0.15) is 174 Å². The molecule has 0 fully saturated rings. The number of carbonyl (C=O) groups excluding carboxylic acids is 2. The first-order valence-corrected chi connectivity index (χ1v) is 21.7. The number of aliphatic carboxylic acids is 1. The van der Waals surface area contributed by atoms with Gasteiger partial charge in [0.05, 0.1) is 34.4 Å². The maximum Gasteiger partial charge on any atom is 0.362 e. The molecule has 0 saturated heterocycles. The highest BCUT2D eigenvalue weighted by molar-refractivity contribution is 5.72. The molecule has 0 heterocycles.